The number of carbonyl (C=O) groups is 1. The molecule has 7 heteroatoms. The van der Waals surface area contributed by atoms with Crippen LogP contribution < -0.4 is 5.32 Å². The van der Waals surface area contributed by atoms with Gasteiger partial charge in [-0.1, -0.05) is 44.7 Å². The highest BCUT2D eigenvalue weighted by molar-refractivity contribution is 7.99. The SMILES string of the molecule is Cn1nnnc1SCC(=O)Nc1ccc(C(C)(C)C)cc1. The molecule has 21 heavy (non-hydrogen) atoms. The van der Waals surface area contributed by atoms with Crippen LogP contribution in [0, 0.1) is 0 Å². The second-order valence-corrected chi connectivity index (χ2v) is 6.69. The number of nitrogens with zero attached hydrogens (tertiary/aromatic N) is 4. The van der Waals surface area contributed by atoms with E-state index in [9.17, 15) is 4.79 Å². The van der Waals surface area contributed by atoms with E-state index in [1.165, 1.54) is 22.0 Å². The van der Waals surface area contributed by atoms with Gasteiger partial charge in [0.05, 0.1) is 5.75 Å². The molecule has 0 unspecified atom stereocenters. The zero-order valence-electron chi connectivity index (χ0n) is 12.6. The molecule has 0 saturated heterocycles. The Hall–Kier alpha value is -1.89. The molecule has 0 radical (unpaired) electrons. The first-order valence-electron chi connectivity index (χ1n) is 6.62. The number of hydrogen-bond donors (Lipinski definition) is 1. The van der Waals surface area contributed by atoms with Crippen LogP contribution in [0.15, 0.2) is 29.4 Å². The van der Waals surface area contributed by atoms with Gasteiger partial charge in [0.1, 0.15) is 0 Å². The van der Waals surface area contributed by atoms with Gasteiger partial charge in [0.15, 0.2) is 0 Å². The highest BCUT2D eigenvalue weighted by Gasteiger charge is 2.13. The second kappa shape index (κ2) is 6.26. The second-order valence-electron chi connectivity index (χ2n) is 5.75. The lowest BCUT2D eigenvalue weighted by atomic mass is 9.87. The van der Waals surface area contributed by atoms with E-state index in [0.29, 0.717) is 5.16 Å². The molecule has 0 spiro atoms. The Morgan fingerprint density at radius 1 is 1.29 bits per heavy atom. The van der Waals surface area contributed by atoms with Crippen LogP contribution in [0.1, 0.15) is 26.3 Å². The van der Waals surface area contributed by atoms with Gasteiger partial charge >= 0.3 is 0 Å². The Morgan fingerprint density at radius 2 is 1.95 bits per heavy atom. The van der Waals surface area contributed by atoms with Crippen molar-refractivity contribution in [3.63, 3.8) is 0 Å². The number of thioether (sulfide) groups is 1. The molecule has 0 aliphatic heterocycles. The third-order valence-electron chi connectivity index (χ3n) is 2.95. The number of aryl methyl sites for hydroxylation is 1. The molecule has 0 bridgehead atoms. The number of rotatable bonds is 4. The van der Waals surface area contributed by atoms with Gasteiger partial charge in [0, 0.05) is 12.7 Å². The minimum atomic E-state index is -0.0773. The highest BCUT2D eigenvalue weighted by Crippen LogP contribution is 2.23. The molecule has 0 saturated carbocycles. The van der Waals surface area contributed by atoms with E-state index in [-0.39, 0.29) is 17.1 Å². The molecule has 1 amide bonds. The first-order chi connectivity index (χ1) is 9.86. The summed E-state index contributed by atoms with van der Waals surface area (Å²) < 4.78 is 1.54. The van der Waals surface area contributed by atoms with Crippen molar-refractivity contribution in [2.75, 3.05) is 11.1 Å². The van der Waals surface area contributed by atoms with Crippen LogP contribution in [0.25, 0.3) is 0 Å². The molecule has 1 aromatic carbocycles. The largest absolute Gasteiger partial charge is 0.325 e. The summed E-state index contributed by atoms with van der Waals surface area (Å²) in [6, 6.07) is 7.92. The summed E-state index contributed by atoms with van der Waals surface area (Å²) in [4.78, 5) is 11.9. The molecule has 2 rings (SSSR count). The van der Waals surface area contributed by atoms with E-state index in [4.69, 9.17) is 0 Å². The van der Waals surface area contributed by atoms with Crippen molar-refractivity contribution in [2.45, 2.75) is 31.3 Å². The Balaban J connectivity index is 1.89. The third-order valence-corrected chi connectivity index (χ3v) is 3.96. The average Bonchev–Trinajstić information content (AvgIpc) is 2.81. The zero-order valence-corrected chi connectivity index (χ0v) is 13.4. The monoisotopic (exact) mass is 305 g/mol. The predicted octanol–water partition coefficient (Wildman–Crippen LogP) is 2.24. The number of carbonyl (C=O) groups excluding carboxylic acids is 1. The Bertz CT molecular complexity index is 615. The van der Waals surface area contributed by atoms with E-state index < -0.39 is 0 Å². The van der Waals surface area contributed by atoms with E-state index >= 15 is 0 Å². The molecule has 0 aliphatic rings. The lowest BCUT2D eigenvalue weighted by Gasteiger charge is -2.19. The summed E-state index contributed by atoms with van der Waals surface area (Å²) in [7, 11) is 1.74. The van der Waals surface area contributed by atoms with Crippen molar-refractivity contribution in [3.05, 3.63) is 29.8 Å². The van der Waals surface area contributed by atoms with E-state index in [1.807, 2.05) is 24.3 Å². The van der Waals surface area contributed by atoms with Gasteiger partial charge in [-0.2, -0.15) is 0 Å². The molecule has 1 aromatic heterocycles. The topological polar surface area (TPSA) is 72.7 Å². The third kappa shape index (κ3) is 4.29. The summed E-state index contributed by atoms with van der Waals surface area (Å²) in [6.07, 6.45) is 0. The van der Waals surface area contributed by atoms with Crippen LogP contribution in [0.5, 0.6) is 0 Å². The van der Waals surface area contributed by atoms with Crippen molar-refractivity contribution in [1.29, 1.82) is 0 Å². The predicted molar refractivity (Wildman–Crippen MR) is 83.3 cm³/mol. The van der Waals surface area contributed by atoms with Crippen LogP contribution in [0.3, 0.4) is 0 Å². The summed E-state index contributed by atoms with van der Waals surface area (Å²) in [5, 5.41) is 14.5. The first kappa shape index (κ1) is 15.5. The van der Waals surface area contributed by atoms with Crippen molar-refractivity contribution >= 4 is 23.4 Å². The molecule has 112 valence electrons. The smallest absolute Gasteiger partial charge is 0.234 e. The Labute approximate surface area is 128 Å². The number of hydrogen-bond acceptors (Lipinski definition) is 5. The zero-order chi connectivity index (χ0) is 15.5. The fourth-order valence-electron chi connectivity index (χ4n) is 1.72. The van der Waals surface area contributed by atoms with Crippen LogP contribution in [-0.2, 0) is 17.3 Å². The number of benzene rings is 1. The maximum Gasteiger partial charge on any atom is 0.234 e. The molecule has 2 aromatic rings. The molecule has 1 heterocycles. The summed E-state index contributed by atoms with van der Waals surface area (Å²) in [6.45, 7) is 6.48. The quantitative estimate of drug-likeness (QED) is 0.877. The van der Waals surface area contributed by atoms with Gasteiger partial charge in [-0.05, 0) is 33.5 Å². The molecule has 6 nitrogen and oxygen atoms in total. The minimum Gasteiger partial charge on any atom is -0.325 e. The van der Waals surface area contributed by atoms with Crippen LogP contribution >= 0.6 is 11.8 Å². The fraction of sp³-hybridized carbons (Fsp3) is 0.429. The maximum atomic E-state index is 11.9. The van der Waals surface area contributed by atoms with Crippen LogP contribution in [0.4, 0.5) is 5.69 Å². The summed E-state index contributed by atoms with van der Waals surface area (Å²) in [5.74, 6) is 0.196. The number of tetrazole rings is 1. The van der Waals surface area contributed by atoms with Crippen molar-refractivity contribution in [2.24, 2.45) is 7.05 Å². The number of nitrogens with one attached hydrogen (secondary N) is 1. The van der Waals surface area contributed by atoms with Crippen molar-refractivity contribution < 1.29 is 4.79 Å². The molecule has 0 atom stereocenters. The van der Waals surface area contributed by atoms with E-state index in [0.717, 1.165) is 5.69 Å². The number of aromatic nitrogens is 4. The van der Waals surface area contributed by atoms with Gasteiger partial charge in [-0.15, -0.1) is 5.10 Å². The lowest BCUT2D eigenvalue weighted by molar-refractivity contribution is -0.113. The first-order valence-corrected chi connectivity index (χ1v) is 7.60. The average molecular weight is 305 g/mol. The highest BCUT2D eigenvalue weighted by atomic mass is 32.2. The van der Waals surface area contributed by atoms with Gasteiger partial charge in [0.2, 0.25) is 11.1 Å². The molecule has 0 aliphatic carbocycles. The molecule has 1 N–H and O–H groups in total. The van der Waals surface area contributed by atoms with Gasteiger partial charge in [0.25, 0.3) is 0 Å². The van der Waals surface area contributed by atoms with Crippen molar-refractivity contribution in [1.82, 2.24) is 20.2 Å². The lowest BCUT2D eigenvalue weighted by Crippen LogP contribution is -2.15. The Morgan fingerprint density at radius 3 is 2.48 bits per heavy atom. The Kier molecular flexibility index (Phi) is 4.62. The van der Waals surface area contributed by atoms with Gasteiger partial charge < -0.3 is 5.32 Å². The standard InChI is InChI=1S/C14H19N5OS/c1-14(2,3)10-5-7-11(8-6-10)15-12(20)9-21-13-16-17-18-19(13)4/h5-8H,9H2,1-4H3,(H,15,20). The maximum absolute atomic E-state index is 11.9. The minimum absolute atomic E-state index is 0.0773. The molecule has 0 fully saturated rings. The van der Waals surface area contributed by atoms with Crippen LogP contribution in [-0.4, -0.2) is 31.9 Å². The van der Waals surface area contributed by atoms with Crippen LogP contribution in [0.2, 0.25) is 0 Å². The van der Waals surface area contributed by atoms with E-state index in [1.54, 1.807) is 7.05 Å². The van der Waals surface area contributed by atoms with Gasteiger partial charge in [-0.3, -0.25) is 4.79 Å². The number of anilines is 1. The normalized spacial score (nSPS) is 11.4. The van der Waals surface area contributed by atoms with Crippen molar-refractivity contribution in [3.8, 4) is 0 Å². The number of amides is 1. The molecular weight excluding hydrogens is 286 g/mol. The summed E-state index contributed by atoms with van der Waals surface area (Å²) in [5.41, 5.74) is 2.14. The fourth-order valence-corrected chi connectivity index (χ4v) is 2.37. The summed E-state index contributed by atoms with van der Waals surface area (Å²) >= 11 is 1.30. The van der Waals surface area contributed by atoms with E-state index in [2.05, 4.69) is 41.6 Å². The van der Waals surface area contributed by atoms with Gasteiger partial charge in [-0.25, -0.2) is 4.68 Å². The molecular formula is C14H19N5OS.